The van der Waals surface area contributed by atoms with Crippen LogP contribution < -0.4 is 20.3 Å². The molecule has 0 spiro atoms. The Kier molecular flexibility index (Phi) is 3.96. The van der Waals surface area contributed by atoms with Gasteiger partial charge in [0.15, 0.2) is 11.5 Å². The Labute approximate surface area is 151 Å². The van der Waals surface area contributed by atoms with E-state index < -0.39 is 10.8 Å². The van der Waals surface area contributed by atoms with Crippen molar-refractivity contribution < 1.29 is 23.6 Å². The van der Waals surface area contributed by atoms with Crippen LogP contribution in [0.1, 0.15) is 10.4 Å². The Balaban J connectivity index is 1.66. The monoisotopic (exact) mass is 367 g/mol. The van der Waals surface area contributed by atoms with Crippen molar-refractivity contribution >= 4 is 28.3 Å². The average molecular weight is 367 g/mol. The minimum Gasteiger partial charge on any atom is -0.486 e. The van der Waals surface area contributed by atoms with Crippen LogP contribution in [0.15, 0.2) is 46.9 Å². The predicted octanol–water partition coefficient (Wildman–Crippen LogP) is 2.84. The van der Waals surface area contributed by atoms with E-state index in [9.17, 15) is 14.9 Å². The highest BCUT2D eigenvalue weighted by Gasteiger charge is 2.16. The Bertz CT molecular complexity index is 1140. The van der Waals surface area contributed by atoms with Gasteiger partial charge in [-0.1, -0.05) is 0 Å². The molecule has 0 aliphatic carbocycles. The third-order valence-electron chi connectivity index (χ3n) is 4.01. The van der Waals surface area contributed by atoms with Gasteiger partial charge in [-0.3, -0.25) is 20.3 Å². The quantitative estimate of drug-likeness (QED) is 0.541. The van der Waals surface area contributed by atoms with Gasteiger partial charge in [0.05, 0.1) is 4.92 Å². The molecule has 1 aromatic heterocycles. The largest absolute Gasteiger partial charge is 0.486 e. The fourth-order valence-electron chi connectivity index (χ4n) is 2.73. The summed E-state index contributed by atoms with van der Waals surface area (Å²) in [6, 6.07) is 10.3. The number of non-ortho nitro benzene ring substituents is 1. The standard InChI is InChI=1S/C18H13N3O6/c19-17-13(8-10-7-12(21(23)24)2-4-14(10)27-17)18(22)20-11-1-3-15-16(9-11)26-6-5-25-15/h1-4,7-9,19H,5-6H2,(H,20,22). The van der Waals surface area contributed by atoms with Crippen molar-refractivity contribution in [2.75, 3.05) is 18.5 Å². The van der Waals surface area contributed by atoms with E-state index in [1.165, 1.54) is 24.3 Å². The Hall–Kier alpha value is -3.88. The summed E-state index contributed by atoms with van der Waals surface area (Å²) in [5.41, 5.74) is 0.224. The second-order valence-corrected chi connectivity index (χ2v) is 5.78. The summed E-state index contributed by atoms with van der Waals surface area (Å²) in [5.74, 6) is 0.534. The number of benzene rings is 2. The zero-order valence-electron chi connectivity index (χ0n) is 13.9. The van der Waals surface area contributed by atoms with Crippen LogP contribution in [0.2, 0.25) is 0 Å². The van der Waals surface area contributed by atoms with Crippen LogP contribution in [0, 0.1) is 15.5 Å². The van der Waals surface area contributed by atoms with Gasteiger partial charge in [0.1, 0.15) is 24.4 Å². The molecule has 0 bridgehead atoms. The normalized spacial score (nSPS) is 12.6. The Morgan fingerprint density at radius 1 is 1.07 bits per heavy atom. The van der Waals surface area contributed by atoms with Crippen LogP contribution in [0.25, 0.3) is 11.0 Å². The van der Waals surface area contributed by atoms with Crippen LogP contribution in [0.3, 0.4) is 0 Å². The van der Waals surface area contributed by atoms with Gasteiger partial charge in [0.2, 0.25) is 5.55 Å². The summed E-state index contributed by atoms with van der Waals surface area (Å²) in [6.45, 7) is 0.884. The minimum atomic E-state index is -0.575. The van der Waals surface area contributed by atoms with E-state index in [-0.39, 0.29) is 22.4 Å². The van der Waals surface area contributed by atoms with Crippen LogP contribution in [-0.4, -0.2) is 24.0 Å². The lowest BCUT2D eigenvalue weighted by atomic mass is 10.1. The average Bonchev–Trinajstić information content (AvgIpc) is 2.66. The van der Waals surface area contributed by atoms with Gasteiger partial charge in [0, 0.05) is 29.3 Å². The summed E-state index contributed by atoms with van der Waals surface area (Å²) in [7, 11) is 0. The molecule has 27 heavy (non-hydrogen) atoms. The van der Waals surface area contributed by atoms with E-state index in [2.05, 4.69) is 5.32 Å². The molecule has 0 fully saturated rings. The van der Waals surface area contributed by atoms with Crippen LogP contribution in [0.4, 0.5) is 11.4 Å². The van der Waals surface area contributed by atoms with Crippen molar-refractivity contribution in [3.05, 3.63) is 63.7 Å². The summed E-state index contributed by atoms with van der Waals surface area (Å²) >= 11 is 0. The molecule has 9 heteroatoms. The molecule has 136 valence electrons. The van der Waals surface area contributed by atoms with Crippen LogP contribution >= 0.6 is 0 Å². The minimum absolute atomic E-state index is 0.0436. The number of carbonyl (C=O) groups is 1. The summed E-state index contributed by atoms with van der Waals surface area (Å²) in [6.07, 6.45) is 0. The molecule has 3 aromatic rings. The lowest BCUT2D eigenvalue weighted by molar-refractivity contribution is -0.384. The number of hydrogen-bond donors (Lipinski definition) is 2. The molecule has 0 radical (unpaired) electrons. The molecule has 0 saturated heterocycles. The first-order chi connectivity index (χ1) is 13.0. The fraction of sp³-hybridized carbons (Fsp3) is 0.111. The molecule has 0 unspecified atom stereocenters. The van der Waals surface area contributed by atoms with Gasteiger partial charge >= 0.3 is 0 Å². The van der Waals surface area contributed by atoms with Gasteiger partial charge < -0.3 is 19.2 Å². The second-order valence-electron chi connectivity index (χ2n) is 5.78. The van der Waals surface area contributed by atoms with Gasteiger partial charge in [0.25, 0.3) is 11.6 Å². The maximum Gasteiger partial charge on any atom is 0.270 e. The maximum absolute atomic E-state index is 12.6. The number of nitrogens with one attached hydrogen (secondary N) is 2. The number of rotatable bonds is 3. The van der Waals surface area contributed by atoms with Crippen molar-refractivity contribution in [1.82, 2.24) is 0 Å². The summed E-state index contributed by atoms with van der Waals surface area (Å²) < 4.78 is 16.2. The van der Waals surface area contributed by atoms with E-state index in [1.807, 2.05) is 0 Å². The number of fused-ring (bicyclic) bond motifs is 2. The fourth-order valence-corrected chi connectivity index (χ4v) is 2.73. The van der Waals surface area contributed by atoms with Gasteiger partial charge in [-0.2, -0.15) is 0 Å². The number of amides is 1. The van der Waals surface area contributed by atoms with E-state index in [0.29, 0.717) is 35.8 Å². The summed E-state index contributed by atoms with van der Waals surface area (Å²) in [5, 5.41) is 21.9. The summed E-state index contributed by atoms with van der Waals surface area (Å²) in [4.78, 5) is 23.0. The zero-order chi connectivity index (χ0) is 19.0. The zero-order valence-corrected chi connectivity index (χ0v) is 13.9. The lowest BCUT2D eigenvalue weighted by Crippen LogP contribution is -2.21. The molecule has 1 aliphatic rings. The number of carbonyl (C=O) groups excluding carboxylic acids is 1. The molecule has 1 aliphatic heterocycles. The number of nitro benzene ring substituents is 1. The lowest BCUT2D eigenvalue weighted by Gasteiger charge is -2.19. The molecule has 1 amide bonds. The van der Waals surface area contributed by atoms with E-state index >= 15 is 0 Å². The van der Waals surface area contributed by atoms with Gasteiger partial charge in [-0.25, -0.2) is 0 Å². The van der Waals surface area contributed by atoms with E-state index in [1.54, 1.807) is 18.2 Å². The molecule has 0 atom stereocenters. The van der Waals surface area contributed by atoms with Crippen molar-refractivity contribution in [2.45, 2.75) is 0 Å². The molecule has 2 N–H and O–H groups in total. The number of nitro groups is 1. The van der Waals surface area contributed by atoms with Gasteiger partial charge in [-0.05, 0) is 24.3 Å². The topological polar surface area (TPSA) is 128 Å². The number of ether oxygens (including phenoxy) is 2. The van der Waals surface area contributed by atoms with Crippen molar-refractivity contribution in [1.29, 1.82) is 5.41 Å². The Morgan fingerprint density at radius 3 is 2.63 bits per heavy atom. The maximum atomic E-state index is 12.6. The smallest absolute Gasteiger partial charge is 0.270 e. The van der Waals surface area contributed by atoms with Crippen LogP contribution in [0.5, 0.6) is 11.5 Å². The van der Waals surface area contributed by atoms with Crippen molar-refractivity contribution in [2.24, 2.45) is 0 Å². The second kappa shape index (κ2) is 6.45. The van der Waals surface area contributed by atoms with Crippen molar-refractivity contribution in [3.8, 4) is 11.5 Å². The first-order valence-electron chi connectivity index (χ1n) is 7.99. The number of hydrogen-bond acceptors (Lipinski definition) is 7. The van der Waals surface area contributed by atoms with Crippen LogP contribution in [-0.2, 0) is 0 Å². The molecule has 2 aromatic carbocycles. The number of nitrogens with zero attached hydrogens (tertiary/aromatic N) is 1. The third kappa shape index (κ3) is 3.17. The first kappa shape index (κ1) is 16.6. The predicted molar refractivity (Wildman–Crippen MR) is 94.1 cm³/mol. The van der Waals surface area contributed by atoms with Crippen molar-refractivity contribution in [3.63, 3.8) is 0 Å². The number of anilines is 1. The highest BCUT2D eigenvalue weighted by atomic mass is 16.6. The van der Waals surface area contributed by atoms with E-state index in [4.69, 9.17) is 19.3 Å². The molecule has 2 heterocycles. The highest BCUT2D eigenvalue weighted by Crippen LogP contribution is 2.32. The first-order valence-corrected chi connectivity index (χ1v) is 7.99. The molecule has 9 nitrogen and oxygen atoms in total. The SMILES string of the molecule is N=c1oc2ccc([N+](=O)[O-])cc2cc1C(=O)Nc1ccc2c(c1)OCCO2. The highest BCUT2D eigenvalue weighted by molar-refractivity contribution is 6.05. The molecular formula is C18H13N3O6. The third-order valence-corrected chi connectivity index (χ3v) is 4.01. The Morgan fingerprint density at radius 2 is 1.85 bits per heavy atom. The van der Waals surface area contributed by atoms with Gasteiger partial charge in [-0.15, -0.1) is 0 Å². The molecule has 0 saturated carbocycles. The molecule has 4 rings (SSSR count). The molecular weight excluding hydrogens is 354 g/mol. The van der Waals surface area contributed by atoms with E-state index in [0.717, 1.165) is 0 Å².